The highest BCUT2D eigenvalue weighted by Gasteiger charge is 2.25. The highest BCUT2D eigenvalue weighted by molar-refractivity contribution is 7.89. The maximum atomic E-state index is 12.6. The van der Waals surface area contributed by atoms with Crippen LogP contribution in [0.3, 0.4) is 0 Å². The molecular formula is C17H16N4O5S. The van der Waals surface area contributed by atoms with E-state index in [-0.39, 0.29) is 23.0 Å². The van der Waals surface area contributed by atoms with E-state index in [0.29, 0.717) is 5.82 Å². The quantitative estimate of drug-likeness (QED) is 0.470. The Labute approximate surface area is 155 Å². The van der Waals surface area contributed by atoms with Crippen LogP contribution in [-0.4, -0.2) is 34.8 Å². The molecule has 0 aliphatic heterocycles. The summed E-state index contributed by atoms with van der Waals surface area (Å²) in [5.41, 5.74) is 1.49. The number of aromatic nitrogens is 2. The molecule has 0 saturated carbocycles. The first-order chi connectivity index (χ1) is 12.8. The monoisotopic (exact) mass is 388 g/mol. The molecule has 3 rings (SSSR count). The van der Waals surface area contributed by atoms with E-state index in [1.54, 1.807) is 0 Å². The maximum Gasteiger partial charge on any atom is 0.270 e. The lowest BCUT2D eigenvalue weighted by Crippen LogP contribution is -2.26. The van der Waals surface area contributed by atoms with E-state index in [2.05, 4.69) is 10.1 Å². The standard InChI is InChI=1S/C17H16N4O5S/c1-12-5-3-6-13(9-12)17-18-16(26-19-17)11-20(2)27(24,25)15-8-4-7-14(10-15)21(22)23/h3-10H,11H2,1-2H3. The highest BCUT2D eigenvalue weighted by Crippen LogP contribution is 2.22. The molecule has 3 aromatic rings. The Hall–Kier alpha value is -3.11. The molecule has 0 fully saturated rings. The first-order valence-corrected chi connectivity index (χ1v) is 9.32. The number of sulfonamides is 1. The first-order valence-electron chi connectivity index (χ1n) is 7.88. The van der Waals surface area contributed by atoms with Crippen LogP contribution in [0.4, 0.5) is 5.69 Å². The molecule has 1 aromatic heterocycles. The summed E-state index contributed by atoms with van der Waals surface area (Å²) < 4.78 is 31.4. The second-order valence-electron chi connectivity index (χ2n) is 5.90. The number of hydrogen-bond donors (Lipinski definition) is 0. The van der Waals surface area contributed by atoms with E-state index in [0.717, 1.165) is 21.5 Å². The van der Waals surface area contributed by atoms with Gasteiger partial charge in [0.15, 0.2) is 0 Å². The number of hydrogen-bond acceptors (Lipinski definition) is 7. The van der Waals surface area contributed by atoms with Crippen LogP contribution >= 0.6 is 0 Å². The molecule has 0 N–H and O–H groups in total. The molecule has 2 aromatic carbocycles. The fourth-order valence-electron chi connectivity index (χ4n) is 2.43. The summed E-state index contributed by atoms with van der Waals surface area (Å²) in [6.07, 6.45) is 0. The second-order valence-corrected chi connectivity index (χ2v) is 7.94. The van der Waals surface area contributed by atoms with E-state index in [9.17, 15) is 18.5 Å². The van der Waals surface area contributed by atoms with E-state index in [1.807, 2.05) is 31.2 Å². The Bertz CT molecular complexity index is 1090. The van der Waals surface area contributed by atoms with Gasteiger partial charge in [-0.25, -0.2) is 8.42 Å². The molecule has 27 heavy (non-hydrogen) atoms. The van der Waals surface area contributed by atoms with Gasteiger partial charge >= 0.3 is 0 Å². The molecular weight excluding hydrogens is 372 g/mol. The fourth-order valence-corrected chi connectivity index (χ4v) is 3.59. The van der Waals surface area contributed by atoms with Gasteiger partial charge in [0, 0.05) is 24.7 Å². The molecule has 9 nitrogen and oxygen atoms in total. The SMILES string of the molecule is Cc1cccc(-c2noc(CN(C)S(=O)(=O)c3cccc([N+](=O)[O-])c3)n2)c1. The minimum Gasteiger partial charge on any atom is -0.338 e. The van der Waals surface area contributed by atoms with Crippen LogP contribution in [0.1, 0.15) is 11.5 Å². The van der Waals surface area contributed by atoms with Gasteiger partial charge in [-0.1, -0.05) is 35.0 Å². The maximum absolute atomic E-state index is 12.6. The number of non-ortho nitro benzene ring substituents is 1. The van der Waals surface area contributed by atoms with Crippen molar-refractivity contribution in [2.75, 3.05) is 7.05 Å². The normalized spacial score (nSPS) is 11.7. The molecule has 140 valence electrons. The van der Waals surface area contributed by atoms with Crippen molar-refractivity contribution in [1.82, 2.24) is 14.4 Å². The Balaban J connectivity index is 1.82. The first kappa shape index (κ1) is 18.7. The van der Waals surface area contributed by atoms with Crippen molar-refractivity contribution in [2.24, 2.45) is 0 Å². The Morgan fingerprint density at radius 3 is 2.63 bits per heavy atom. The lowest BCUT2D eigenvalue weighted by molar-refractivity contribution is -0.385. The van der Waals surface area contributed by atoms with Gasteiger partial charge in [0.05, 0.1) is 16.4 Å². The fraction of sp³-hybridized carbons (Fsp3) is 0.176. The number of nitro benzene ring substituents is 1. The molecule has 10 heteroatoms. The summed E-state index contributed by atoms with van der Waals surface area (Å²) in [4.78, 5) is 14.3. The Morgan fingerprint density at radius 2 is 1.93 bits per heavy atom. The van der Waals surface area contributed by atoms with Crippen LogP contribution in [0, 0.1) is 17.0 Å². The van der Waals surface area contributed by atoms with Crippen LogP contribution < -0.4 is 0 Å². The minimum atomic E-state index is -3.95. The second kappa shape index (κ2) is 7.25. The van der Waals surface area contributed by atoms with Crippen molar-refractivity contribution in [2.45, 2.75) is 18.4 Å². The van der Waals surface area contributed by atoms with Crippen LogP contribution in [-0.2, 0) is 16.6 Å². The van der Waals surface area contributed by atoms with Crippen molar-refractivity contribution < 1.29 is 17.9 Å². The molecule has 0 atom stereocenters. The van der Waals surface area contributed by atoms with Gasteiger partial charge in [-0.3, -0.25) is 10.1 Å². The van der Waals surface area contributed by atoms with Gasteiger partial charge in [0.1, 0.15) is 0 Å². The molecule has 0 bridgehead atoms. The zero-order valence-electron chi connectivity index (χ0n) is 14.6. The Kier molecular flexibility index (Phi) is 5.02. The summed E-state index contributed by atoms with van der Waals surface area (Å²) in [5.74, 6) is 0.470. The van der Waals surface area contributed by atoms with Crippen molar-refractivity contribution in [1.29, 1.82) is 0 Å². The molecule has 0 aliphatic carbocycles. The average molecular weight is 388 g/mol. The van der Waals surface area contributed by atoms with Crippen LogP contribution in [0.2, 0.25) is 0 Å². The summed E-state index contributed by atoms with van der Waals surface area (Å²) in [5, 5.41) is 14.7. The zero-order valence-corrected chi connectivity index (χ0v) is 15.4. The third-order valence-electron chi connectivity index (χ3n) is 3.84. The molecule has 0 spiro atoms. The van der Waals surface area contributed by atoms with Gasteiger partial charge in [-0.05, 0) is 19.1 Å². The Morgan fingerprint density at radius 1 is 1.19 bits per heavy atom. The number of rotatable bonds is 6. The average Bonchev–Trinajstić information content (AvgIpc) is 3.10. The minimum absolute atomic E-state index is 0.114. The van der Waals surface area contributed by atoms with Gasteiger partial charge in [0.25, 0.3) is 5.69 Å². The van der Waals surface area contributed by atoms with E-state index in [1.165, 1.54) is 25.2 Å². The summed E-state index contributed by atoms with van der Waals surface area (Å²) in [6, 6.07) is 12.4. The lowest BCUT2D eigenvalue weighted by Gasteiger charge is -2.14. The van der Waals surface area contributed by atoms with Gasteiger partial charge < -0.3 is 4.52 Å². The number of benzene rings is 2. The van der Waals surface area contributed by atoms with Crippen molar-refractivity contribution >= 4 is 15.7 Å². The predicted molar refractivity (Wildman–Crippen MR) is 96.2 cm³/mol. The largest absolute Gasteiger partial charge is 0.338 e. The summed E-state index contributed by atoms with van der Waals surface area (Å²) in [6.45, 7) is 1.77. The van der Waals surface area contributed by atoms with Crippen LogP contribution in [0.5, 0.6) is 0 Å². The third kappa shape index (κ3) is 4.01. The van der Waals surface area contributed by atoms with Crippen LogP contribution in [0.15, 0.2) is 57.9 Å². The van der Waals surface area contributed by atoms with E-state index >= 15 is 0 Å². The van der Waals surface area contributed by atoms with Gasteiger partial charge in [0.2, 0.25) is 21.7 Å². The third-order valence-corrected chi connectivity index (χ3v) is 5.64. The van der Waals surface area contributed by atoms with Crippen LogP contribution in [0.25, 0.3) is 11.4 Å². The van der Waals surface area contributed by atoms with Crippen molar-refractivity contribution in [3.8, 4) is 11.4 Å². The molecule has 1 heterocycles. The van der Waals surface area contributed by atoms with Crippen molar-refractivity contribution in [3.63, 3.8) is 0 Å². The summed E-state index contributed by atoms with van der Waals surface area (Å²) in [7, 11) is -2.62. The molecule has 0 amide bonds. The van der Waals surface area contributed by atoms with Gasteiger partial charge in [-0.2, -0.15) is 9.29 Å². The van der Waals surface area contributed by atoms with Crippen molar-refractivity contribution in [3.05, 3.63) is 70.1 Å². The lowest BCUT2D eigenvalue weighted by atomic mass is 10.1. The molecule has 0 radical (unpaired) electrons. The molecule has 0 unspecified atom stereocenters. The highest BCUT2D eigenvalue weighted by atomic mass is 32.2. The number of nitrogens with zero attached hydrogens (tertiary/aromatic N) is 4. The number of nitro groups is 1. The smallest absolute Gasteiger partial charge is 0.270 e. The zero-order chi connectivity index (χ0) is 19.6. The van der Waals surface area contributed by atoms with Gasteiger partial charge in [-0.15, -0.1) is 0 Å². The van der Waals surface area contributed by atoms with E-state index < -0.39 is 14.9 Å². The molecule has 0 aliphatic rings. The van der Waals surface area contributed by atoms with E-state index in [4.69, 9.17) is 4.52 Å². The summed E-state index contributed by atoms with van der Waals surface area (Å²) >= 11 is 0. The topological polar surface area (TPSA) is 119 Å². The molecule has 0 saturated heterocycles. The number of aryl methyl sites for hydroxylation is 1. The predicted octanol–water partition coefficient (Wildman–Crippen LogP) is 2.77.